The highest BCUT2D eigenvalue weighted by molar-refractivity contribution is 6.34. The molecule has 4 rings (SSSR count). The van der Waals surface area contributed by atoms with Crippen molar-refractivity contribution in [2.24, 2.45) is 0 Å². The van der Waals surface area contributed by atoms with Gasteiger partial charge in [-0.3, -0.25) is 10.1 Å². The number of rotatable bonds is 3. The van der Waals surface area contributed by atoms with Gasteiger partial charge in [0.1, 0.15) is 5.52 Å². The van der Waals surface area contributed by atoms with Crippen LogP contribution in [-0.4, -0.2) is 29.9 Å². The van der Waals surface area contributed by atoms with Crippen LogP contribution < -0.4 is 5.32 Å². The third-order valence-corrected chi connectivity index (χ3v) is 3.85. The lowest BCUT2D eigenvalue weighted by atomic mass is 10.3. The Morgan fingerprint density at radius 1 is 1.30 bits per heavy atom. The molecule has 0 atom stereocenters. The number of pyridine rings is 2. The van der Waals surface area contributed by atoms with E-state index in [1.54, 1.807) is 12.4 Å². The summed E-state index contributed by atoms with van der Waals surface area (Å²) in [5, 5.41) is 16.0. The lowest BCUT2D eigenvalue weighted by Crippen LogP contribution is -2.03. The molecule has 0 aliphatic carbocycles. The Hall–Kier alpha value is -2.67. The molecule has 0 aromatic carbocycles. The van der Waals surface area contributed by atoms with Gasteiger partial charge in [0, 0.05) is 12.2 Å². The van der Waals surface area contributed by atoms with Gasteiger partial charge in [-0.05, 0) is 32.0 Å². The predicted octanol–water partition coefficient (Wildman–Crippen LogP) is 3.68. The highest BCUT2D eigenvalue weighted by Gasteiger charge is 2.14. The van der Waals surface area contributed by atoms with Crippen molar-refractivity contribution in [3.63, 3.8) is 0 Å². The van der Waals surface area contributed by atoms with Gasteiger partial charge in [-0.15, -0.1) is 0 Å². The SMILES string of the molecule is CC(C)n1nc(Cl)c2cc(Nc3n[nH]c4cccnc34)cnc21. The number of anilines is 2. The molecule has 23 heavy (non-hydrogen) atoms. The van der Waals surface area contributed by atoms with Crippen molar-refractivity contribution in [1.82, 2.24) is 29.9 Å². The lowest BCUT2D eigenvalue weighted by Gasteiger charge is -2.06. The van der Waals surface area contributed by atoms with E-state index < -0.39 is 0 Å². The lowest BCUT2D eigenvalue weighted by molar-refractivity contribution is 0.547. The molecule has 0 saturated carbocycles. The maximum absolute atomic E-state index is 6.24. The summed E-state index contributed by atoms with van der Waals surface area (Å²) in [6.07, 6.45) is 3.47. The van der Waals surface area contributed by atoms with Crippen LogP contribution in [0.15, 0.2) is 30.6 Å². The van der Waals surface area contributed by atoms with Crippen LogP contribution in [0.5, 0.6) is 0 Å². The Labute approximate surface area is 136 Å². The molecule has 0 bridgehead atoms. The fraction of sp³-hybridized carbons (Fsp3) is 0.200. The monoisotopic (exact) mass is 327 g/mol. The van der Waals surface area contributed by atoms with Crippen LogP contribution >= 0.6 is 11.6 Å². The summed E-state index contributed by atoms with van der Waals surface area (Å²) in [6, 6.07) is 5.89. The molecule has 4 aromatic rings. The van der Waals surface area contributed by atoms with Crippen molar-refractivity contribution >= 4 is 45.2 Å². The fourth-order valence-corrected chi connectivity index (χ4v) is 2.71. The van der Waals surface area contributed by atoms with Gasteiger partial charge in [0.2, 0.25) is 0 Å². The van der Waals surface area contributed by atoms with Gasteiger partial charge in [-0.1, -0.05) is 11.6 Å². The quantitative estimate of drug-likeness (QED) is 0.599. The largest absolute Gasteiger partial charge is 0.336 e. The zero-order valence-corrected chi connectivity index (χ0v) is 13.3. The maximum atomic E-state index is 6.24. The standard InChI is InChI=1S/C15H14ClN7/c1-8(2)23-15-10(13(16)22-23)6-9(7-18-15)19-14-12-11(20-21-14)4-3-5-17-12/h3-8H,1-2H3,(H2,19,20,21). The topological polar surface area (TPSA) is 84.3 Å². The minimum Gasteiger partial charge on any atom is -0.336 e. The average molecular weight is 328 g/mol. The van der Waals surface area contributed by atoms with E-state index in [1.165, 1.54) is 0 Å². The first kappa shape index (κ1) is 14.0. The smallest absolute Gasteiger partial charge is 0.178 e. The predicted molar refractivity (Wildman–Crippen MR) is 90.1 cm³/mol. The molecule has 0 fully saturated rings. The number of nitrogens with zero attached hydrogens (tertiary/aromatic N) is 5. The van der Waals surface area contributed by atoms with E-state index in [4.69, 9.17) is 11.6 Å². The fourth-order valence-electron chi connectivity index (χ4n) is 2.49. The summed E-state index contributed by atoms with van der Waals surface area (Å²) < 4.78 is 1.81. The summed E-state index contributed by atoms with van der Waals surface area (Å²) in [4.78, 5) is 8.80. The third kappa shape index (κ3) is 2.29. The minimum absolute atomic E-state index is 0.191. The van der Waals surface area contributed by atoms with E-state index in [1.807, 2.05) is 36.7 Å². The normalized spacial score (nSPS) is 11.7. The average Bonchev–Trinajstić information content (AvgIpc) is 3.10. The van der Waals surface area contributed by atoms with Crippen molar-refractivity contribution in [2.75, 3.05) is 5.32 Å². The number of aromatic nitrogens is 6. The van der Waals surface area contributed by atoms with E-state index in [9.17, 15) is 0 Å². The molecule has 2 N–H and O–H groups in total. The Morgan fingerprint density at radius 2 is 2.17 bits per heavy atom. The maximum Gasteiger partial charge on any atom is 0.178 e. The van der Waals surface area contributed by atoms with Crippen molar-refractivity contribution in [3.8, 4) is 0 Å². The molecule has 0 spiro atoms. The Balaban J connectivity index is 1.76. The first-order valence-electron chi connectivity index (χ1n) is 7.23. The molecule has 116 valence electrons. The molecule has 0 aliphatic rings. The summed E-state index contributed by atoms with van der Waals surface area (Å²) in [5.74, 6) is 0.647. The summed E-state index contributed by atoms with van der Waals surface area (Å²) in [6.45, 7) is 4.08. The second-order valence-electron chi connectivity index (χ2n) is 5.52. The molecular formula is C15H14ClN7. The van der Waals surface area contributed by atoms with Crippen LogP contribution in [0.2, 0.25) is 5.15 Å². The second-order valence-corrected chi connectivity index (χ2v) is 5.88. The first-order chi connectivity index (χ1) is 11.1. The number of aromatic amines is 1. The minimum atomic E-state index is 0.191. The van der Waals surface area contributed by atoms with E-state index >= 15 is 0 Å². The van der Waals surface area contributed by atoms with Gasteiger partial charge < -0.3 is 5.32 Å². The van der Waals surface area contributed by atoms with Crippen LogP contribution in [-0.2, 0) is 0 Å². The van der Waals surface area contributed by atoms with Crippen LogP contribution in [0, 0.1) is 0 Å². The summed E-state index contributed by atoms with van der Waals surface area (Å²) >= 11 is 6.24. The molecule has 4 aromatic heterocycles. The van der Waals surface area contributed by atoms with Gasteiger partial charge in [0.25, 0.3) is 0 Å². The van der Waals surface area contributed by atoms with Crippen LogP contribution in [0.1, 0.15) is 19.9 Å². The molecule has 0 unspecified atom stereocenters. The molecule has 0 aliphatic heterocycles. The number of halogens is 1. The molecule has 4 heterocycles. The molecule has 0 amide bonds. The van der Waals surface area contributed by atoms with Crippen molar-refractivity contribution in [3.05, 3.63) is 35.7 Å². The molecule has 0 radical (unpaired) electrons. The zero-order valence-electron chi connectivity index (χ0n) is 12.6. The van der Waals surface area contributed by atoms with Gasteiger partial charge in [0.05, 0.1) is 22.8 Å². The zero-order chi connectivity index (χ0) is 16.0. The third-order valence-electron chi connectivity index (χ3n) is 3.57. The first-order valence-corrected chi connectivity index (χ1v) is 7.61. The van der Waals surface area contributed by atoms with E-state index in [0.717, 1.165) is 27.8 Å². The Morgan fingerprint density at radius 3 is 3.00 bits per heavy atom. The van der Waals surface area contributed by atoms with E-state index in [-0.39, 0.29) is 6.04 Å². The number of H-pyrrole nitrogens is 1. The number of nitrogens with one attached hydrogen (secondary N) is 2. The molecule has 0 saturated heterocycles. The number of hydrogen-bond acceptors (Lipinski definition) is 5. The second kappa shape index (κ2) is 5.20. The van der Waals surface area contributed by atoms with E-state index in [0.29, 0.717) is 11.0 Å². The summed E-state index contributed by atoms with van der Waals surface area (Å²) in [5.41, 5.74) is 3.19. The highest BCUT2D eigenvalue weighted by atomic mass is 35.5. The van der Waals surface area contributed by atoms with Gasteiger partial charge in [-0.2, -0.15) is 10.2 Å². The molecule has 7 nitrogen and oxygen atoms in total. The molecule has 8 heteroatoms. The van der Waals surface area contributed by atoms with Crippen molar-refractivity contribution < 1.29 is 0 Å². The Kier molecular flexibility index (Phi) is 3.16. The highest BCUT2D eigenvalue weighted by Crippen LogP contribution is 2.28. The van der Waals surface area contributed by atoms with Crippen molar-refractivity contribution in [1.29, 1.82) is 0 Å². The van der Waals surface area contributed by atoms with Gasteiger partial charge >= 0.3 is 0 Å². The van der Waals surface area contributed by atoms with Crippen LogP contribution in [0.25, 0.3) is 22.1 Å². The van der Waals surface area contributed by atoms with Gasteiger partial charge in [0.15, 0.2) is 16.6 Å². The number of fused-ring (bicyclic) bond motifs is 2. The van der Waals surface area contributed by atoms with E-state index in [2.05, 4.69) is 30.6 Å². The van der Waals surface area contributed by atoms with Gasteiger partial charge in [-0.25, -0.2) is 9.67 Å². The Bertz CT molecular complexity index is 1000. The molecular weight excluding hydrogens is 314 g/mol. The van der Waals surface area contributed by atoms with Crippen LogP contribution in [0.3, 0.4) is 0 Å². The van der Waals surface area contributed by atoms with Crippen molar-refractivity contribution in [2.45, 2.75) is 19.9 Å². The summed E-state index contributed by atoms with van der Waals surface area (Å²) in [7, 11) is 0. The van der Waals surface area contributed by atoms with Crippen LogP contribution in [0.4, 0.5) is 11.5 Å². The number of hydrogen-bond donors (Lipinski definition) is 2.